The minimum Gasteiger partial charge on any atom is -0.316 e. The summed E-state index contributed by atoms with van der Waals surface area (Å²) in [6, 6.07) is 72.1. The van der Waals surface area contributed by atoms with Crippen LogP contribution >= 0.6 is 0 Å². The first kappa shape index (κ1) is 30.3. The predicted molar refractivity (Wildman–Crippen MR) is 227 cm³/mol. The number of fused-ring (bicyclic) bond motifs is 8. The molecule has 0 amide bonds. The SMILES string of the molecule is c1ccc(N(c2cccc(-n3c4ccccc4c4ccc5c(ccn5-c5ccccc5)c43)c2)c2ccc3c(c2)c2ccccc2n3-c2ccccc2)cc1. The highest BCUT2D eigenvalue weighted by atomic mass is 15.1. The van der Waals surface area contributed by atoms with E-state index in [-0.39, 0.29) is 0 Å². The normalized spacial score (nSPS) is 11.7. The van der Waals surface area contributed by atoms with Crippen molar-refractivity contribution < 1.29 is 0 Å². The van der Waals surface area contributed by atoms with Crippen molar-refractivity contribution in [1.82, 2.24) is 13.7 Å². The minimum absolute atomic E-state index is 1.09. The monoisotopic (exact) mass is 690 g/mol. The van der Waals surface area contributed by atoms with E-state index in [1.165, 1.54) is 54.5 Å². The Bertz CT molecular complexity index is 3150. The Morgan fingerprint density at radius 1 is 0.296 bits per heavy atom. The topological polar surface area (TPSA) is 18.0 Å². The molecule has 0 unspecified atom stereocenters. The van der Waals surface area contributed by atoms with E-state index in [2.05, 4.69) is 225 Å². The van der Waals surface area contributed by atoms with Crippen LogP contribution in [0.25, 0.3) is 71.6 Å². The summed E-state index contributed by atoms with van der Waals surface area (Å²) < 4.78 is 7.11. The molecule has 0 atom stereocenters. The first-order chi connectivity index (χ1) is 26.8. The molecule has 0 saturated carbocycles. The van der Waals surface area contributed by atoms with Gasteiger partial charge in [-0.3, -0.25) is 0 Å². The van der Waals surface area contributed by atoms with Gasteiger partial charge in [0.1, 0.15) is 0 Å². The van der Waals surface area contributed by atoms with Crippen molar-refractivity contribution in [3.05, 3.63) is 206 Å². The predicted octanol–water partition coefficient (Wildman–Crippen LogP) is 13.3. The smallest absolute Gasteiger partial charge is 0.0635 e. The molecule has 3 heterocycles. The van der Waals surface area contributed by atoms with Gasteiger partial charge in [-0.1, -0.05) is 103 Å². The number of aromatic nitrogens is 3. The maximum absolute atomic E-state index is 2.45. The van der Waals surface area contributed by atoms with Crippen molar-refractivity contribution in [2.24, 2.45) is 0 Å². The molecular formula is C50H34N4. The summed E-state index contributed by atoms with van der Waals surface area (Å²) in [5.41, 5.74) is 12.7. The summed E-state index contributed by atoms with van der Waals surface area (Å²) in [7, 11) is 0. The Labute approximate surface area is 312 Å². The summed E-state index contributed by atoms with van der Waals surface area (Å²) in [6.07, 6.45) is 2.19. The van der Waals surface area contributed by atoms with Crippen LogP contribution in [0.1, 0.15) is 0 Å². The number of anilines is 3. The fourth-order valence-corrected chi connectivity index (χ4v) is 8.51. The van der Waals surface area contributed by atoms with Gasteiger partial charge >= 0.3 is 0 Å². The molecule has 0 aliphatic heterocycles. The van der Waals surface area contributed by atoms with E-state index >= 15 is 0 Å². The van der Waals surface area contributed by atoms with Gasteiger partial charge in [0.15, 0.2) is 0 Å². The van der Waals surface area contributed by atoms with Crippen molar-refractivity contribution >= 4 is 71.6 Å². The molecule has 0 spiro atoms. The second kappa shape index (κ2) is 12.1. The van der Waals surface area contributed by atoms with Gasteiger partial charge < -0.3 is 18.6 Å². The van der Waals surface area contributed by atoms with Gasteiger partial charge in [0.05, 0.1) is 27.6 Å². The van der Waals surface area contributed by atoms with Gasteiger partial charge in [0.2, 0.25) is 0 Å². The molecule has 0 saturated heterocycles. The molecule has 0 bridgehead atoms. The van der Waals surface area contributed by atoms with E-state index in [4.69, 9.17) is 0 Å². The van der Waals surface area contributed by atoms with Gasteiger partial charge in [-0.25, -0.2) is 0 Å². The zero-order valence-electron chi connectivity index (χ0n) is 29.4. The number of para-hydroxylation sites is 5. The van der Waals surface area contributed by atoms with Crippen molar-refractivity contribution in [3.8, 4) is 17.1 Å². The number of benzene rings is 8. The minimum atomic E-state index is 1.09. The largest absolute Gasteiger partial charge is 0.316 e. The van der Waals surface area contributed by atoms with Crippen LogP contribution in [-0.2, 0) is 0 Å². The molecule has 254 valence electrons. The highest BCUT2D eigenvalue weighted by Gasteiger charge is 2.20. The van der Waals surface area contributed by atoms with Crippen LogP contribution in [0, 0.1) is 0 Å². The standard InChI is InChI=1S/C50H34N4/c1-4-15-35(16-5-1)51-32-31-44-46(51)30-28-43-41-23-10-13-26-48(41)54(50(43)44)39-22-14-21-38(33-39)52(36-17-6-2-7-18-36)40-27-29-49-45(34-40)42-24-11-12-25-47(42)53(49)37-19-8-3-9-20-37/h1-34H. The van der Waals surface area contributed by atoms with Gasteiger partial charge in [-0.05, 0) is 97.1 Å². The molecule has 11 aromatic rings. The maximum Gasteiger partial charge on any atom is 0.0635 e. The van der Waals surface area contributed by atoms with Crippen LogP contribution in [0.4, 0.5) is 17.1 Å². The molecule has 0 aliphatic rings. The second-order valence-corrected chi connectivity index (χ2v) is 13.8. The zero-order chi connectivity index (χ0) is 35.6. The number of hydrogen-bond acceptors (Lipinski definition) is 1. The average Bonchev–Trinajstić information content (AvgIpc) is 3.92. The molecule has 8 aromatic carbocycles. The lowest BCUT2D eigenvalue weighted by molar-refractivity contribution is 1.13. The van der Waals surface area contributed by atoms with Crippen LogP contribution in [0.15, 0.2) is 206 Å². The first-order valence-corrected chi connectivity index (χ1v) is 18.4. The highest BCUT2D eigenvalue weighted by molar-refractivity contribution is 6.18. The van der Waals surface area contributed by atoms with Crippen molar-refractivity contribution in [3.63, 3.8) is 0 Å². The highest BCUT2D eigenvalue weighted by Crippen LogP contribution is 2.42. The van der Waals surface area contributed by atoms with Gasteiger partial charge in [-0.15, -0.1) is 0 Å². The Balaban J connectivity index is 1.13. The third-order valence-electron chi connectivity index (χ3n) is 10.8. The number of hydrogen-bond donors (Lipinski definition) is 0. The summed E-state index contributed by atoms with van der Waals surface area (Å²) in [5, 5.41) is 6.16. The molecule has 4 heteroatoms. The molecule has 54 heavy (non-hydrogen) atoms. The fraction of sp³-hybridized carbons (Fsp3) is 0. The van der Waals surface area contributed by atoms with Crippen LogP contribution in [0.5, 0.6) is 0 Å². The summed E-state index contributed by atoms with van der Waals surface area (Å²) >= 11 is 0. The lowest BCUT2D eigenvalue weighted by atomic mass is 10.1. The Kier molecular flexibility index (Phi) is 6.82. The lowest BCUT2D eigenvalue weighted by Gasteiger charge is -2.26. The van der Waals surface area contributed by atoms with Gasteiger partial charge in [0, 0.05) is 67.3 Å². The summed E-state index contributed by atoms with van der Waals surface area (Å²) in [6.45, 7) is 0. The van der Waals surface area contributed by atoms with Crippen LogP contribution < -0.4 is 4.90 Å². The maximum atomic E-state index is 2.45. The second-order valence-electron chi connectivity index (χ2n) is 13.8. The number of rotatable bonds is 6. The average molecular weight is 691 g/mol. The van der Waals surface area contributed by atoms with E-state index in [1.54, 1.807) is 0 Å². The lowest BCUT2D eigenvalue weighted by Crippen LogP contribution is -2.10. The van der Waals surface area contributed by atoms with Gasteiger partial charge in [0.25, 0.3) is 0 Å². The van der Waals surface area contributed by atoms with E-state index < -0.39 is 0 Å². The summed E-state index contributed by atoms with van der Waals surface area (Å²) in [5.74, 6) is 0. The fourth-order valence-electron chi connectivity index (χ4n) is 8.51. The molecule has 0 fully saturated rings. The van der Waals surface area contributed by atoms with Crippen LogP contribution in [0.2, 0.25) is 0 Å². The van der Waals surface area contributed by atoms with Crippen LogP contribution in [-0.4, -0.2) is 13.7 Å². The van der Waals surface area contributed by atoms with Crippen molar-refractivity contribution in [2.75, 3.05) is 4.90 Å². The Hall–Kier alpha value is -7.30. The molecule has 0 N–H and O–H groups in total. The number of nitrogens with zero attached hydrogens (tertiary/aromatic N) is 4. The summed E-state index contributed by atoms with van der Waals surface area (Å²) in [4.78, 5) is 2.38. The Morgan fingerprint density at radius 2 is 0.852 bits per heavy atom. The van der Waals surface area contributed by atoms with Gasteiger partial charge in [-0.2, -0.15) is 0 Å². The van der Waals surface area contributed by atoms with Crippen molar-refractivity contribution in [1.29, 1.82) is 0 Å². The molecule has 11 rings (SSSR count). The van der Waals surface area contributed by atoms with Crippen LogP contribution in [0.3, 0.4) is 0 Å². The zero-order valence-corrected chi connectivity index (χ0v) is 29.4. The quantitative estimate of drug-likeness (QED) is 0.170. The molecule has 3 aromatic heterocycles. The van der Waals surface area contributed by atoms with E-state index in [0.717, 1.165) is 34.1 Å². The van der Waals surface area contributed by atoms with Crippen molar-refractivity contribution in [2.45, 2.75) is 0 Å². The molecule has 0 aliphatic carbocycles. The Morgan fingerprint density at radius 3 is 1.61 bits per heavy atom. The van der Waals surface area contributed by atoms with E-state index in [0.29, 0.717) is 0 Å². The van der Waals surface area contributed by atoms with E-state index in [1.807, 2.05) is 0 Å². The molecule has 4 nitrogen and oxygen atoms in total. The molecule has 0 radical (unpaired) electrons. The third kappa shape index (κ3) is 4.64. The van der Waals surface area contributed by atoms with E-state index in [9.17, 15) is 0 Å². The third-order valence-corrected chi connectivity index (χ3v) is 10.8. The molecular weight excluding hydrogens is 657 g/mol. The first-order valence-electron chi connectivity index (χ1n) is 18.4.